The quantitative estimate of drug-likeness (QED) is 0.709. The molecule has 3 aliphatic carbocycles. The van der Waals surface area contributed by atoms with Crippen molar-refractivity contribution >= 4 is 11.9 Å². The van der Waals surface area contributed by atoms with Gasteiger partial charge in [0.15, 0.2) is 0 Å². The van der Waals surface area contributed by atoms with E-state index in [1.165, 1.54) is 38.5 Å². The highest BCUT2D eigenvalue weighted by atomic mass is 16.4. The van der Waals surface area contributed by atoms with Crippen molar-refractivity contribution in [3.8, 4) is 0 Å². The Bertz CT molecular complexity index is 530. The van der Waals surface area contributed by atoms with Crippen molar-refractivity contribution in [1.29, 1.82) is 0 Å². The minimum Gasteiger partial charge on any atom is -0.481 e. The second-order valence-corrected chi connectivity index (χ2v) is 9.57. The summed E-state index contributed by atoms with van der Waals surface area (Å²) in [6, 6.07) is 0. The maximum atomic E-state index is 11.3. The third kappa shape index (κ3) is 3.46. The van der Waals surface area contributed by atoms with Crippen molar-refractivity contribution in [3.63, 3.8) is 0 Å². The fourth-order valence-corrected chi connectivity index (χ4v) is 7.07. The van der Waals surface area contributed by atoms with E-state index in [0.29, 0.717) is 30.1 Å². The van der Waals surface area contributed by atoms with E-state index in [4.69, 9.17) is 5.11 Å². The number of carboxylic acid groups (broad SMARTS) is 2. The molecule has 0 saturated heterocycles. The minimum absolute atomic E-state index is 0.0132. The van der Waals surface area contributed by atoms with Crippen LogP contribution in [0.5, 0.6) is 0 Å². The van der Waals surface area contributed by atoms with Crippen molar-refractivity contribution in [2.24, 2.45) is 34.5 Å². The van der Waals surface area contributed by atoms with Crippen molar-refractivity contribution in [3.05, 3.63) is 0 Å². The van der Waals surface area contributed by atoms with E-state index < -0.39 is 11.9 Å². The summed E-state index contributed by atoms with van der Waals surface area (Å²) >= 11 is 0. The molecule has 0 amide bonds. The molecule has 0 bridgehead atoms. The summed E-state index contributed by atoms with van der Waals surface area (Å²) in [5.41, 5.74) is 0.490. The molecule has 4 nitrogen and oxygen atoms in total. The normalized spacial score (nSPS) is 43.3. The molecule has 3 saturated carbocycles. The van der Waals surface area contributed by atoms with Crippen LogP contribution in [0.25, 0.3) is 0 Å². The van der Waals surface area contributed by atoms with Crippen LogP contribution < -0.4 is 0 Å². The molecule has 6 atom stereocenters. The van der Waals surface area contributed by atoms with Gasteiger partial charge in [-0.1, -0.05) is 20.3 Å². The van der Waals surface area contributed by atoms with Gasteiger partial charge < -0.3 is 10.2 Å². The van der Waals surface area contributed by atoms with Crippen LogP contribution in [0.3, 0.4) is 0 Å². The minimum atomic E-state index is -0.727. The van der Waals surface area contributed by atoms with Gasteiger partial charge in [0, 0.05) is 12.8 Å². The van der Waals surface area contributed by atoms with E-state index in [1.807, 2.05) is 0 Å². The first-order valence-corrected chi connectivity index (χ1v) is 10.2. The Morgan fingerprint density at radius 2 is 1.64 bits per heavy atom. The zero-order valence-electron chi connectivity index (χ0n) is 15.8. The molecular formula is C21H34O4. The van der Waals surface area contributed by atoms with Crippen molar-refractivity contribution < 1.29 is 19.8 Å². The highest BCUT2D eigenvalue weighted by Crippen LogP contribution is 2.65. The zero-order chi connectivity index (χ0) is 18.2. The molecule has 0 radical (unpaired) electrons. The Morgan fingerprint density at radius 1 is 0.920 bits per heavy atom. The molecule has 0 spiro atoms. The molecule has 25 heavy (non-hydrogen) atoms. The fourth-order valence-electron chi connectivity index (χ4n) is 7.07. The van der Waals surface area contributed by atoms with Crippen LogP contribution in [-0.2, 0) is 9.59 Å². The van der Waals surface area contributed by atoms with Crippen LogP contribution in [0, 0.1) is 34.5 Å². The van der Waals surface area contributed by atoms with E-state index in [0.717, 1.165) is 18.3 Å². The molecule has 0 aromatic heterocycles. The first-order valence-electron chi connectivity index (χ1n) is 10.2. The molecular weight excluding hydrogens is 316 g/mol. The summed E-state index contributed by atoms with van der Waals surface area (Å²) < 4.78 is 0. The molecule has 0 aromatic rings. The first-order chi connectivity index (χ1) is 11.8. The maximum Gasteiger partial charge on any atom is 0.303 e. The van der Waals surface area contributed by atoms with Gasteiger partial charge in [0.2, 0.25) is 0 Å². The Balaban J connectivity index is 1.83. The second-order valence-electron chi connectivity index (χ2n) is 9.57. The summed E-state index contributed by atoms with van der Waals surface area (Å²) in [4.78, 5) is 22.4. The number of aliphatic carboxylic acids is 2. The molecule has 0 unspecified atom stereocenters. The van der Waals surface area contributed by atoms with Crippen LogP contribution >= 0.6 is 0 Å². The molecule has 4 heteroatoms. The number of rotatable bonds is 6. The van der Waals surface area contributed by atoms with Gasteiger partial charge in [-0.3, -0.25) is 9.59 Å². The summed E-state index contributed by atoms with van der Waals surface area (Å²) in [5, 5.41) is 18.4. The largest absolute Gasteiger partial charge is 0.481 e. The molecule has 2 N–H and O–H groups in total. The highest BCUT2D eigenvalue weighted by molar-refractivity contribution is 5.67. The van der Waals surface area contributed by atoms with Gasteiger partial charge in [-0.15, -0.1) is 0 Å². The van der Waals surface area contributed by atoms with Gasteiger partial charge in [0.05, 0.1) is 0 Å². The standard InChI is InChI=1S/C21H34O4/c1-20-11-3-4-16(20)15-7-5-14(6-8-18(22)23)21(2,13-10-19(24)25)17(15)9-12-20/h14-17H,3-13H2,1-2H3,(H,22,23)(H,24,25)/t14-,15+,16+,17-,20+,21-/m1/s1. The van der Waals surface area contributed by atoms with Gasteiger partial charge in [0.1, 0.15) is 0 Å². The number of carboxylic acids is 2. The van der Waals surface area contributed by atoms with E-state index in [9.17, 15) is 14.7 Å². The molecule has 0 aromatic carbocycles. The SMILES string of the molecule is C[C@@]12CCC[C@H]1[C@@H]1CC[C@H](CCC(=O)O)[C@@](C)(CCC(=O)O)[C@@H]1CC2. The average molecular weight is 350 g/mol. The predicted molar refractivity (Wildman–Crippen MR) is 96.2 cm³/mol. The Morgan fingerprint density at radius 3 is 2.32 bits per heavy atom. The number of carbonyl (C=O) groups is 2. The lowest BCUT2D eigenvalue weighted by Crippen LogP contribution is -2.51. The van der Waals surface area contributed by atoms with E-state index >= 15 is 0 Å². The zero-order valence-corrected chi connectivity index (χ0v) is 15.8. The topological polar surface area (TPSA) is 74.6 Å². The van der Waals surface area contributed by atoms with Crippen LogP contribution in [-0.4, -0.2) is 22.2 Å². The summed E-state index contributed by atoms with van der Waals surface area (Å²) in [7, 11) is 0. The van der Waals surface area contributed by atoms with E-state index in [2.05, 4.69) is 13.8 Å². The second kappa shape index (κ2) is 6.92. The lowest BCUT2D eigenvalue weighted by molar-refractivity contribution is -0.142. The van der Waals surface area contributed by atoms with Crippen LogP contribution in [0.1, 0.15) is 84.5 Å². The summed E-state index contributed by atoms with van der Waals surface area (Å²) in [6.07, 6.45) is 10.7. The van der Waals surface area contributed by atoms with Crippen molar-refractivity contribution in [1.82, 2.24) is 0 Å². The van der Waals surface area contributed by atoms with Crippen molar-refractivity contribution in [2.45, 2.75) is 84.5 Å². The number of hydrogen-bond donors (Lipinski definition) is 2. The maximum absolute atomic E-state index is 11.3. The number of hydrogen-bond acceptors (Lipinski definition) is 2. The van der Waals surface area contributed by atoms with Gasteiger partial charge in [-0.05, 0) is 85.9 Å². The van der Waals surface area contributed by atoms with Gasteiger partial charge in [-0.25, -0.2) is 0 Å². The average Bonchev–Trinajstić information content (AvgIpc) is 2.94. The lowest BCUT2D eigenvalue weighted by atomic mass is 9.46. The van der Waals surface area contributed by atoms with Crippen LogP contribution in [0.4, 0.5) is 0 Å². The Hall–Kier alpha value is -1.06. The highest BCUT2D eigenvalue weighted by Gasteiger charge is 2.56. The monoisotopic (exact) mass is 350 g/mol. The van der Waals surface area contributed by atoms with E-state index in [-0.39, 0.29) is 18.3 Å². The first kappa shape index (κ1) is 18.7. The third-order valence-electron chi connectivity index (χ3n) is 8.43. The lowest BCUT2D eigenvalue weighted by Gasteiger charge is -2.58. The molecule has 0 heterocycles. The molecule has 3 rings (SSSR count). The van der Waals surface area contributed by atoms with Crippen molar-refractivity contribution in [2.75, 3.05) is 0 Å². The summed E-state index contributed by atoms with van der Waals surface area (Å²) in [6.45, 7) is 4.77. The van der Waals surface area contributed by atoms with Crippen LogP contribution in [0.15, 0.2) is 0 Å². The smallest absolute Gasteiger partial charge is 0.303 e. The molecule has 3 fully saturated rings. The number of fused-ring (bicyclic) bond motifs is 3. The third-order valence-corrected chi connectivity index (χ3v) is 8.43. The summed E-state index contributed by atoms with van der Waals surface area (Å²) in [5.74, 6) is 1.01. The Labute approximate surface area is 151 Å². The molecule has 142 valence electrons. The van der Waals surface area contributed by atoms with Crippen LogP contribution in [0.2, 0.25) is 0 Å². The predicted octanol–water partition coefficient (Wildman–Crippen LogP) is 4.96. The van der Waals surface area contributed by atoms with E-state index in [1.54, 1.807) is 0 Å². The van der Waals surface area contributed by atoms with Gasteiger partial charge >= 0.3 is 11.9 Å². The van der Waals surface area contributed by atoms with Gasteiger partial charge in [-0.2, -0.15) is 0 Å². The Kier molecular flexibility index (Phi) is 5.18. The molecule has 3 aliphatic rings. The fraction of sp³-hybridized carbons (Fsp3) is 0.905. The molecule has 0 aliphatic heterocycles. The van der Waals surface area contributed by atoms with Gasteiger partial charge in [0.25, 0.3) is 0 Å².